The first-order valence-corrected chi connectivity index (χ1v) is 4.62. The zero-order valence-electron chi connectivity index (χ0n) is 7.84. The molecule has 0 aliphatic rings. The van der Waals surface area contributed by atoms with Crippen LogP contribution < -0.4 is 5.32 Å². The van der Waals surface area contributed by atoms with Crippen LogP contribution in [0.25, 0.3) is 0 Å². The second kappa shape index (κ2) is 5.35. The molecule has 1 aromatic rings. The number of imidazole rings is 1. The summed E-state index contributed by atoms with van der Waals surface area (Å²) in [7, 11) is 0. The molecular formula is C9H15N3O. The number of hydrogen-bond donors (Lipinski definition) is 2. The van der Waals surface area contributed by atoms with E-state index in [9.17, 15) is 4.79 Å². The second-order valence-electron chi connectivity index (χ2n) is 2.90. The monoisotopic (exact) mass is 181 g/mol. The number of H-pyrrole nitrogens is 1. The number of carbonyl (C=O) groups excluding carboxylic acids is 1. The summed E-state index contributed by atoms with van der Waals surface area (Å²) < 4.78 is 0. The first-order chi connectivity index (χ1) is 6.34. The van der Waals surface area contributed by atoms with Crippen molar-refractivity contribution < 1.29 is 4.79 Å². The van der Waals surface area contributed by atoms with Crippen molar-refractivity contribution in [1.82, 2.24) is 15.3 Å². The van der Waals surface area contributed by atoms with Gasteiger partial charge < -0.3 is 10.3 Å². The van der Waals surface area contributed by atoms with Crippen LogP contribution in [0.1, 0.15) is 36.8 Å². The van der Waals surface area contributed by atoms with Gasteiger partial charge >= 0.3 is 0 Å². The Labute approximate surface area is 77.8 Å². The molecule has 0 radical (unpaired) electrons. The predicted octanol–water partition coefficient (Wildman–Crippen LogP) is 1.33. The molecule has 0 atom stereocenters. The Bertz CT molecular complexity index is 243. The number of rotatable bonds is 5. The number of nitrogens with one attached hydrogen (secondary N) is 2. The summed E-state index contributed by atoms with van der Waals surface area (Å²) in [5.41, 5.74) is 0. The highest BCUT2D eigenvalue weighted by molar-refractivity contribution is 5.90. The molecular weight excluding hydrogens is 166 g/mol. The summed E-state index contributed by atoms with van der Waals surface area (Å²) in [6, 6.07) is 0. The number of amides is 1. The molecule has 4 nitrogen and oxygen atoms in total. The predicted molar refractivity (Wildman–Crippen MR) is 50.4 cm³/mol. The molecule has 0 aliphatic carbocycles. The Morgan fingerprint density at radius 3 is 3.08 bits per heavy atom. The lowest BCUT2D eigenvalue weighted by Gasteiger charge is -2.01. The average Bonchev–Trinajstić information content (AvgIpc) is 2.65. The maximum absolute atomic E-state index is 11.3. The van der Waals surface area contributed by atoms with Crippen molar-refractivity contribution in [2.45, 2.75) is 26.2 Å². The maximum Gasteiger partial charge on any atom is 0.287 e. The van der Waals surface area contributed by atoms with Gasteiger partial charge in [0.1, 0.15) is 0 Å². The van der Waals surface area contributed by atoms with E-state index in [2.05, 4.69) is 22.2 Å². The SMILES string of the molecule is CCCCCNC(=O)c1ncc[nH]1. The Kier molecular flexibility index (Phi) is 4.02. The summed E-state index contributed by atoms with van der Waals surface area (Å²) >= 11 is 0. The quantitative estimate of drug-likeness (QED) is 0.673. The molecule has 1 rings (SSSR count). The molecule has 4 heteroatoms. The molecule has 0 saturated carbocycles. The Morgan fingerprint density at radius 2 is 2.46 bits per heavy atom. The minimum atomic E-state index is -0.124. The summed E-state index contributed by atoms with van der Waals surface area (Å²) in [4.78, 5) is 17.9. The van der Waals surface area contributed by atoms with E-state index in [0.717, 1.165) is 25.8 Å². The van der Waals surface area contributed by atoms with E-state index >= 15 is 0 Å². The van der Waals surface area contributed by atoms with Gasteiger partial charge in [0.15, 0.2) is 5.82 Å². The number of aromatic nitrogens is 2. The van der Waals surface area contributed by atoms with Crippen LogP contribution in [0.15, 0.2) is 12.4 Å². The third kappa shape index (κ3) is 3.27. The van der Waals surface area contributed by atoms with Crippen LogP contribution >= 0.6 is 0 Å². The highest BCUT2D eigenvalue weighted by atomic mass is 16.2. The van der Waals surface area contributed by atoms with Crippen molar-refractivity contribution in [2.75, 3.05) is 6.54 Å². The molecule has 0 bridgehead atoms. The lowest BCUT2D eigenvalue weighted by atomic mass is 10.2. The molecule has 72 valence electrons. The van der Waals surface area contributed by atoms with Gasteiger partial charge in [0.05, 0.1) is 0 Å². The number of nitrogens with zero attached hydrogens (tertiary/aromatic N) is 1. The van der Waals surface area contributed by atoms with Crippen molar-refractivity contribution >= 4 is 5.91 Å². The van der Waals surface area contributed by atoms with Crippen molar-refractivity contribution in [3.63, 3.8) is 0 Å². The van der Waals surface area contributed by atoms with Gasteiger partial charge in [0, 0.05) is 18.9 Å². The molecule has 0 saturated heterocycles. The van der Waals surface area contributed by atoms with Crippen LogP contribution in [0.2, 0.25) is 0 Å². The minimum absolute atomic E-state index is 0.124. The fraction of sp³-hybridized carbons (Fsp3) is 0.556. The molecule has 1 aromatic heterocycles. The van der Waals surface area contributed by atoms with Gasteiger partial charge in [-0.05, 0) is 6.42 Å². The van der Waals surface area contributed by atoms with Gasteiger partial charge in [-0.2, -0.15) is 0 Å². The minimum Gasteiger partial charge on any atom is -0.349 e. The molecule has 1 amide bonds. The average molecular weight is 181 g/mol. The van der Waals surface area contributed by atoms with E-state index in [1.54, 1.807) is 12.4 Å². The highest BCUT2D eigenvalue weighted by Gasteiger charge is 2.05. The van der Waals surface area contributed by atoms with Gasteiger partial charge in [-0.25, -0.2) is 4.98 Å². The van der Waals surface area contributed by atoms with Gasteiger partial charge in [0.25, 0.3) is 5.91 Å². The topological polar surface area (TPSA) is 57.8 Å². The molecule has 2 N–H and O–H groups in total. The molecule has 13 heavy (non-hydrogen) atoms. The van der Waals surface area contributed by atoms with Crippen molar-refractivity contribution in [1.29, 1.82) is 0 Å². The number of carbonyl (C=O) groups is 1. The lowest BCUT2D eigenvalue weighted by molar-refractivity contribution is 0.0943. The third-order valence-corrected chi connectivity index (χ3v) is 1.78. The fourth-order valence-electron chi connectivity index (χ4n) is 1.05. The van der Waals surface area contributed by atoms with Crippen LogP contribution in [0, 0.1) is 0 Å². The lowest BCUT2D eigenvalue weighted by Crippen LogP contribution is -2.25. The Hall–Kier alpha value is -1.32. The first-order valence-electron chi connectivity index (χ1n) is 4.62. The van der Waals surface area contributed by atoms with E-state index in [4.69, 9.17) is 0 Å². The standard InChI is InChI=1S/C9H15N3O/c1-2-3-4-5-12-9(13)8-10-6-7-11-8/h6-7H,2-5H2,1H3,(H,10,11)(H,12,13). The van der Waals surface area contributed by atoms with E-state index in [1.165, 1.54) is 0 Å². The van der Waals surface area contributed by atoms with Crippen LogP contribution in [-0.4, -0.2) is 22.4 Å². The summed E-state index contributed by atoms with van der Waals surface area (Å²) in [6.07, 6.45) is 6.56. The van der Waals surface area contributed by atoms with Gasteiger partial charge in [-0.15, -0.1) is 0 Å². The smallest absolute Gasteiger partial charge is 0.287 e. The van der Waals surface area contributed by atoms with Crippen LogP contribution in [-0.2, 0) is 0 Å². The van der Waals surface area contributed by atoms with Crippen LogP contribution in [0.3, 0.4) is 0 Å². The van der Waals surface area contributed by atoms with Gasteiger partial charge in [0.2, 0.25) is 0 Å². The zero-order valence-corrected chi connectivity index (χ0v) is 7.84. The summed E-state index contributed by atoms with van der Waals surface area (Å²) in [6.45, 7) is 2.86. The molecule has 0 aliphatic heterocycles. The molecule has 1 heterocycles. The third-order valence-electron chi connectivity index (χ3n) is 1.78. The molecule has 0 spiro atoms. The van der Waals surface area contributed by atoms with Crippen molar-refractivity contribution in [3.8, 4) is 0 Å². The van der Waals surface area contributed by atoms with Crippen LogP contribution in [0.5, 0.6) is 0 Å². The number of hydrogen-bond acceptors (Lipinski definition) is 2. The molecule has 0 aromatic carbocycles. The number of unbranched alkanes of at least 4 members (excludes halogenated alkanes) is 2. The van der Waals surface area contributed by atoms with Crippen molar-refractivity contribution in [2.24, 2.45) is 0 Å². The van der Waals surface area contributed by atoms with E-state index in [-0.39, 0.29) is 5.91 Å². The zero-order chi connectivity index (χ0) is 9.52. The fourth-order valence-corrected chi connectivity index (χ4v) is 1.05. The normalized spacial score (nSPS) is 9.92. The van der Waals surface area contributed by atoms with E-state index in [0.29, 0.717) is 5.82 Å². The van der Waals surface area contributed by atoms with E-state index < -0.39 is 0 Å². The Morgan fingerprint density at radius 1 is 1.62 bits per heavy atom. The highest BCUT2D eigenvalue weighted by Crippen LogP contribution is 1.92. The second-order valence-corrected chi connectivity index (χ2v) is 2.90. The van der Waals surface area contributed by atoms with Crippen molar-refractivity contribution in [3.05, 3.63) is 18.2 Å². The first kappa shape index (κ1) is 9.77. The molecule has 0 unspecified atom stereocenters. The van der Waals surface area contributed by atoms with Gasteiger partial charge in [-0.1, -0.05) is 19.8 Å². The van der Waals surface area contributed by atoms with E-state index in [1.807, 2.05) is 0 Å². The largest absolute Gasteiger partial charge is 0.349 e. The molecule has 0 fully saturated rings. The summed E-state index contributed by atoms with van der Waals surface area (Å²) in [5.74, 6) is 0.262. The van der Waals surface area contributed by atoms with Crippen LogP contribution in [0.4, 0.5) is 0 Å². The Balaban J connectivity index is 2.19. The summed E-state index contributed by atoms with van der Waals surface area (Å²) in [5, 5.41) is 2.79. The van der Waals surface area contributed by atoms with Gasteiger partial charge in [-0.3, -0.25) is 4.79 Å². The maximum atomic E-state index is 11.3. The number of aromatic amines is 1.